The maximum absolute atomic E-state index is 4.17. The van der Waals surface area contributed by atoms with Crippen LogP contribution < -0.4 is 10.6 Å². The highest BCUT2D eigenvalue weighted by atomic mass is 15.0. The molecule has 0 radical (unpaired) electrons. The Bertz CT molecular complexity index is 438. The van der Waals surface area contributed by atoms with Crippen LogP contribution in [0.3, 0.4) is 0 Å². The fourth-order valence-electron chi connectivity index (χ4n) is 1.59. The van der Waals surface area contributed by atoms with Crippen LogP contribution in [0.4, 0.5) is 11.4 Å². The maximum Gasteiger partial charge on any atom is 0.0946 e. The van der Waals surface area contributed by atoms with Crippen LogP contribution in [0.1, 0.15) is 6.92 Å². The van der Waals surface area contributed by atoms with E-state index in [9.17, 15) is 0 Å². The van der Waals surface area contributed by atoms with Crippen LogP contribution in [-0.2, 0) is 6.54 Å². The lowest BCUT2D eigenvalue weighted by Gasteiger charge is -2.08. The minimum atomic E-state index is 0.855. The molecule has 0 aliphatic rings. The summed E-state index contributed by atoms with van der Waals surface area (Å²) >= 11 is 0. The summed E-state index contributed by atoms with van der Waals surface area (Å²) in [5.41, 5.74) is 2.07. The highest BCUT2D eigenvalue weighted by Gasteiger charge is 1.95. The number of pyridine rings is 1. The van der Waals surface area contributed by atoms with Gasteiger partial charge in [-0.25, -0.2) is 4.98 Å². The predicted molar refractivity (Wildman–Crippen MR) is 69.1 cm³/mol. The standard InChI is InChI=1S/C12H17N5/c1-2-15-11-7-12(9-14-8-11)16-4-6-17-5-3-13-10-17/h3,5,7-10,15-16H,2,4,6H2,1H3. The molecule has 0 amide bonds. The Morgan fingerprint density at radius 1 is 1.18 bits per heavy atom. The third-order valence-electron chi connectivity index (χ3n) is 2.38. The van der Waals surface area contributed by atoms with Gasteiger partial charge >= 0.3 is 0 Å². The molecule has 0 atom stereocenters. The SMILES string of the molecule is CCNc1cncc(NCCn2ccnc2)c1. The minimum Gasteiger partial charge on any atom is -0.384 e. The largest absolute Gasteiger partial charge is 0.384 e. The summed E-state index contributed by atoms with van der Waals surface area (Å²) in [7, 11) is 0. The number of imidazole rings is 1. The summed E-state index contributed by atoms with van der Waals surface area (Å²) in [6.07, 6.45) is 9.20. The van der Waals surface area contributed by atoms with Crippen molar-refractivity contribution in [2.24, 2.45) is 0 Å². The summed E-state index contributed by atoms with van der Waals surface area (Å²) in [6.45, 7) is 4.72. The van der Waals surface area contributed by atoms with Crippen LogP contribution in [0, 0.1) is 0 Å². The summed E-state index contributed by atoms with van der Waals surface area (Å²) < 4.78 is 2.04. The van der Waals surface area contributed by atoms with E-state index in [0.29, 0.717) is 0 Å². The molecule has 0 unspecified atom stereocenters. The molecule has 5 heteroatoms. The van der Waals surface area contributed by atoms with E-state index < -0.39 is 0 Å². The molecule has 2 aromatic rings. The topological polar surface area (TPSA) is 54.8 Å². The molecule has 17 heavy (non-hydrogen) atoms. The summed E-state index contributed by atoms with van der Waals surface area (Å²) in [5.74, 6) is 0. The molecule has 90 valence electrons. The summed E-state index contributed by atoms with van der Waals surface area (Å²) in [6, 6.07) is 2.06. The van der Waals surface area contributed by atoms with Gasteiger partial charge < -0.3 is 15.2 Å². The Kier molecular flexibility index (Phi) is 3.96. The Morgan fingerprint density at radius 2 is 2.00 bits per heavy atom. The van der Waals surface area contributed by atoms with E-state index in [1.165, 1.54) is 0 Å². The molecular formula is C12H17N5. The van der Waals surface area contributed by atoms with Crippen LogP contribution in [0.25, 0.3) is 0 Å². The molecule has 0 bridgehead atoms. The van der Waals surface area contributed by atoms with Gasteiger partial charge in [-0.1, -0.05) is 0 Å². The lowest BCUT2D eigenvalue weighted by atomic mass is 10.3. The van der Waals surface area contributed by atoms with Crippen molar-refractivity contribution in [3.05, 3.63) is 37.2 Å². The first-order valence-electron chi connectivity index (χ1n) is 5.77. The van der Waals surface area contributed by atoms with Gasteiger partial charge in [0.05, 0.1) is 30.1 Å². The molecule has 2 N–H and O–H groups in total. The second-order valence-electron chi connectivity index (χ2n) is 3.72. The quantitative estimate of drug-likeness (QED) is 0.796. The first-order chi connectivity index (χ1) is 8.38. The second kappa shape index (κ2) is 5.89. The smallest absolute Gasteiger partial charge is 0.0946 e. The molecule has 0 aromatic carbocycles. The summed E-state index contributed by atoms with van der Waals surface area (Å²) in [4.78, 5) is 8.17. The molecule has 0 spiro atoms. The number of nitrogens with zero attached hydrogens (tertiary/aromatic N) is 3. The zero-order valence-electron chi connectivity index (χ0n) is 9.93. The number of nitrogens with one attached hydrogen (secondary N) is 2. The molecular weight excluding hydrogens is 214 g/mol. The molecule has 0 fully saturated rings. The normalized spacial score (nSPS) is 10.2. The van der Waals surface area contributed by atoms with Crippen molar-refractivity contribution in [2.75, 3.05) is 23.7 Å². The zero-order valence-corrected chi connectivity index (χ0v) is 9.93. The first-order valence-corrected chi connectivity index (χ1v) is 5.77. The Balaban J connectivity index is 1.84. The fourth-order valence-corrected chi connectivity index (χ4v) is 1.59. The van der Waals surface area contributed by atoms with Crippen LogP contribution in [0.5, 0.6) is 0 Å². The van der Waals surface area contributed by atoms with Crippen LogP contribution in [0.15, 0.2) is 37.2 Å². The van der Waals surface area contributed by atoms with E-state index in [1.54, 1.807) is 6.20 Å². The van der Waals surface area contributed by atoms with Gasteiger partial charge in [0.2, 0.25) is 0 Å². The molecule has 0 saturated heterocycles. The van der Waals surface area contributed by atoms with Gasteiger partial charge in [0.15, 0.2) is 0 Å². The van der Waals surface area contributed by atoms with Gasteiger partial charge in [-0.15, -0.1) is 0 Å². The van der Waals surface area contributed by atoms with E-state index in [1.807, 2.05) is 29.5 Å². The van der Waals surface area contributed by atoms with E-state index >= 15 is 0 Å². The van der Waals surface area contributed by atoms with E-state index in [2.05, 4.69) is 33.6 Å². The first kappa shape index (κ1) is 11.4. The van der Waals surface area contributed by atoms with Crippen LogP contribution in [-0.4, -0.2) is 27.6 Å². The monoisotopic (exact) mass is 231 g/mol. The fraction of sp³-hybridized carbons (Fsp3) is 0.333. The molecule has 5 nitrogen and oxygen atoms in total. The Hall–Kier alpha value is -2.04. The second-order valence-corrected chi connectivity index (χ2v) is 3.72. The molecule has 2 heterocycles. The number of hydrogen-bond acceptors (Lipinski definition) is 4. The van der Waals surface area contributed by atoms with Gasteiger partial charge in [0.25, 0.3) is 0 Å². The molecule has 0 saturated carbocycles. The van der Waals surface area contributed by atoms with Crippen molar-refractivity contribution in [3.63, 3.8) is 0 Å². The predicted octanol–water partition coefficient (Wildman–Crippen LogP) is 1.82. The van der Waals surface area contributed by atoms with Gasteiger partial charge in [0, 0.05) is 32.0 Å². The van der Waals surface area contributed by atoms with E-state index in [0.717, 1.165) is 31.0 Å². The van der Waals surface area contributed by atoms with Crippen molar-refractivity contribution in [1.82, 2.24) is 14.5 Å². The lowest BCUT2D eigenvalue weighted by Crippen LogP contribution is -2.09. The third kappa shape index (κ3) is 3.48. The van der Waals surface area contributed by atoms with Crippen molar-refractivity contribution in [2.45, 2.75) is 13.5 Å². The Labute approximate surface area is 101 Å². The van der Waals surface area contributed by atoms with Gasteiger partial charge in [0.1, 0.15) is 0 Å². The van der Waals surface area contributed by atoms with Crippen LogP contribution >= 0.6 is 0 Å². The van der Waals surface area contributed by atoms with Crippen molar-refractivity contribution in [3.8, 4) is 0 Å². The van der Waals surface area contributed by atoms with Gasteiger partial charge in [-0.3, -0.25) is 4.98 Å². The average Bonchev–Trinajstić information content (AvgIpc) is 2.83. The van der Waals surface area contributed by atoms with Crippen molar-refractivity contribution < 1.29 is 0 Å². The molecule has 0 aliphatic carbocycles. The van der Waals surface area contributed by atoms with Crippen LogP contribution in [0.2, 0.25) is 0 Å². The number of hydrogen-bond donors (Lipinski definition) is 2. The highest BCUT2D eigenvalue weighted by Crippen LogP contribution is 2.12. The maximum atomic E-state index is 4.17. The van der Waals surface area contributed by atoms with E-state index in [4.69, 9.17) is 0 Å². The number of rotatable bonds is 6. The van der Waals surface area contributed by atoms with Gasteiger partial charge in [-0.05, 0) is 13.0 Å². The highest BCUT2D eigenvalue weighted by molar-refractivity contribution is 5.53. The summed E-state index contributed by atoms with van der Waals surface area (Å²) in [5, 5.41) is 6.56. The van der Waals surface area contributed by atoms with E-state index in [-0.39, 0.29) is 0 Å². The number of aromatic nitrogens is 3. The third-order valence-corrected chi connectivity index (χ3v) is 2.38. The molecule has 2 aromatic heterocycles. The molecule has 2 rings (SSSR count). The lowest BCUT2D eigenvalue weighted by molar-refractivity contribution is 0.727. The zero-order chi connectivity index (χ0) is 11.9. The van der Waals surface area contributed by atoms with Crippen molar-refractivity contribution in [1.29, 1.82) is 0 Å². The molecule has 0 aliphatic heterocycles. The van der Waals surface area contributed by atoms with Crippen molar-refractivity contribution >= 4 is 11.4 Å². The minimum absolute atomic E-state index is 0.855. The Morgan fingerprint density at radius 3 is 2.71 bits per heavy atom. The van der Waals surface area contributed by atoms with Gasteiger partial charge in [-0.2, -0.15) is 0 Å². The average molecular weight is 231 g/mol. The number of anilines is 2.